The molecule has 27 heavy (non-hydrogen) atoms. The zero-order valence-electron chi connectivity index (χ0n) is 16.6. The predicted molar refractivity (Wildman–Crippen MR) is 104 cm³/mol. The van der Waals surface area contributed by atoms with E-state index < -0.39 is 11.7 Å². The first-order chi connectivity index (χ1) is 12.7. The number of fused-ring (bicyclic) bond motifs is 3. The van der Waals surface area contributed by atoms with Crippen LogP contribution in [-0.4, -0.2) is 22.7 Å². The third-order valence-electron chi connectivity index (χ3n) is 6.06. The molecule has 1 aromatic carbocycles. The topological polar surface area (TPSA) is 71.7 Å². The van der Waals surface area contributed by atoms with Crippen molar-refractivity contribution >= 4 is 16.9 Å². The van der Waals surface area contributed by atoms with Crippen LogP contribution in [0.1, 0.15) is 80.7 Å². The lowest BCUT2D eigenvalue weighted by Gasteiger charge is -2.35. The number of aryl methyl sites for hydroxylation is 1. The minimum atomic E-state index is -0.639. The molecule has 1 aliphatic heterocycles. The van der Waals surface area contributed by atoms with Crippen molar-refractivity contribution in [2.24, 2.45) is 5.92 Å². The van der Waals surface area contributed by atoms with Crippen molar-refractivity contribution in [3.63, 3.8) is 0 Å². The highest BCUT2D eigenvalue weighted by Gasteiger charge is 2.36. The fourth-order valence-electron chi connectivity index (χ4n) is 4.55. The van der Waals surface area contributed by atoms with Gasteiger partial charge in [-0.25, -0.2) is 0 Å². The lowest BCUT2D eigenvalue weighted by molar-refractivity contribution is 0.0126. The number of rotatable bonds is 2. The molecule has 1 atom stereocenters. The molecule has 0 saturated heterocycles. The molecule has 2 N–H and O–H groups in total. The van der Waals surface area contributed by atoms with Gasteiger partial charge in [-0.1, -0.05) is 6.92 Å². The maximum absolute atomic E-state index is 12.8. The van der Waals surface area contributed by atoms with Crippen molar-refractivity contribution < 1.29 is 19.1 Å². The Hall–Kier alpha value is -2.01. The molecule has 0 spiro atoms. The van der Waals surface area contributed by atoms with Crippen LogP contribution < -0.4 is 10.1 Å². The molecule has 1 saturated carbocycles. The van der Waals surface area contributed by atoms with Gasteiger partial charge in [0, 0.05) is 29.0 Å². The molecule has 5 heteroatoms. The van der Waals surface area contributed by atoms with E-state index in [1.165, 1.54) is 0 Å². The summed E-state index contributed by atoms with van der Waals surface area (Å²) in [6.07, 6.45) is 4.20. The summed E-state index contributed by atoms with van der Waals surface area (Å²) in [6.45, 7) is 8.08. The molecular weight excluding hydrogens is 342 g/mol. The van der Waals surface area contributed by atoms with Gasteiger partial charge in [-0.15, -0.1) is 0 Å². The highest BCUT2D eigenvalue weighted by Crippen LogP contribution is 2.45. The second kappa shape index (κ2) is 6.55. The summed E-state index contributed by atoms with van der Waals surface area (Å²) in [5, 5.41) is 14.7. The second-order valence-corrected chi connectivity index (χ2v) is 8.92. The molecule has 5 nitrogen and oxygen atoms in total. The second-order valence-electron chi connectivity index (χ2n) is 8.92. The van der Waals surface area contributed by atoms with E-state index in [4.69, 9.17) is 9.15 Å². The molecule has 1 aromatic heterocycles. The van der Waals surface area contributed by atoms with E-state index in [1.807, 2.05) is 32.9 Å². The van der Waals surface area contributed by atoms with E-state index in [2.05, 4.69) is 12.2 Å². The lowest BCUT2D eigenvalue weighted by Crippen LogP contribution is -2.37. The fraction of sp³-hybridized carbons (Fsp3) is 0.591. The van der Waals surface area contributed by atoms with Crippen LogP contribution in [0.25, 0.3) is 11.0 Å². The van der Waals surface area contributed by atoms with Gasteiger partial charge in [0.2, 0.25) is 0 Å². The molecule has 0 radical (unpaired) electrons. The highest BCUT2D eigenvalue weighted by atomic mass is 16.5. The number of hydrogen-bond donors (Lipinski definition) is 2. The molecule has 1 fully saturated rings. The van der Waals surface area contributed by atoms with Crippen LogP contribution in [0.2, 0.25) is 0 Å². The number of hydrogen-bond acceptors (Lipinski definition) is 4. The molecule has 4 rings (SSSR count). The Morgan fingerprint density at radius 1 is 1.22 bits per heavy atom. The van der Waals surface area contributed by atoms with Crippen molar-refractivity contribution in [1.29, 1.82) is 0 Å². The molecule has 2 heterocycles. The summed E-state index contributed by atoms with van der Waals surface area (Å²) in [5.74, 6) is 1.59. The molecule has 2 aromatic rings. The summed E-state index contributed by atoms with van der Waals surface area (Å²) in [6, 6.07) is 3.87. The van der Waals surface area contributed by atoms with Gasteiger partial charge in [0.15, 0.2) is 5.76 Å². The monoisotopic (exact) mass is 371 g/mol. The van der Waals surface area contributed by atoms with Gasteiger partial charge in [0.1, 0.15) is 16.9 Å². The molecule has 2 aliphatic rings. The number of carbonyl (C=O) groups is 1. The van der Waals surface area contributed by atoms with E-state index >= 15 is 0 Å². The van der Waals surface area contributed by atoms with Crippen LogP contribution in [0, 0.1) is 12.8 Å². The predicted octanol–water partition coefficient (Wildman–Crippen LogP) is 4.64. The largest absolute Gasteiger partial charge is 0.487 e. The first kappa shape index (κ1) is 18.4. The normalized spacial score (nSPS) is 27.1. The van der Waals surface area contributed by atoms with Gasteiger partial charge >= 0.3 is 0 Å². The van der Waals surface area contributed by atoms with Crippen LogP contribution in [0.3, 0.4) is 0 Å². The Kier molecular flexibility index (Phi) is 4.46. The Balaban J connectivity index is 1.67. The van der Waals surface area contributed by atoms with Crippen LogP contribution in [0.15, 0.2) is 16.5 Å². The minimum Gasteiger partial charge on any atom is -0.487 e. The first-order valence-electron chi connectivity index (χ1n) is 9.99. The van der Waals surface area contributed by atoms with Crippen LogP contribution >= 0.6 is 0 Å². The maximum atomic E-state index is 12.8. The van der Waals surface area contributed by atoms with Crippen molar-refractivity contribution in [2.45, 2.75) is 77.5 Å². The van der Waals surface area contributed by atoms with Crippen molar-refractivity contribution in [2.75, 3.05) is 0 Å². The number of aliphatic hydroxyl groups is 1. The van der Waals surface area contributed by atoms with Gasteiger partial charge in [0.05, 0.1) is 6.10 Å². The number of ether oxygens (including phenoxy) is 1. The molecule has 146 valence electrons. The van der Waals surface area contributed by atoms with Gasteiger partial charge < -0.3 is 19.6 Å². The number of amides is 1. The number of benzene rings is 1. The molecular formula is C22H29NO4. The summed E-state index contributed by atoms with van der Waals surface area (Å²) in [4.78, 5) is 12.8. The number of furan rings is 1. The van der Waals surface area contributed by atoms with Crippen molar-refractivity contribution in [3.8, 4) is 5.75 Å². The summed E-state index contributed by atoms with van der Waals surface area (Å²) < 4.78 is 12.0. The average Bonchev–Trinajstić information content (AvgIpc) is 2.93. The summed E-state index contributed by atoms with van der Waals surface area (Å²) in [7, 11) is 0. The smallest absolute Gasteiger partial charge is 0.287 e. The van der Waals surface area contributed by atoms with E-state index in [-0.39, 0.29) is 11.9 Å². The molecule has 0 bridgehead atoms. The SMILES string of the molecule is Cc1c(C(=O)NC2CCC(C)CC2)oc2ccc3c(c12)[C@H](O)CC(C)(C)O3. The minimum absolute atomic E-state index is 0.163. The van der Waals surface area contributed by atoms with E-state index in [0.717, 1.165) is 48.1 Å². The van der Waals surface area contributed by atoms with E-state index in [9.17, 15) is 9.90 Å². The quantitative estimate of drug-likeness (QED) is 0.806. The number of nitrogens with one attached hydrogen (secondary N) is 1. The van der Waals surface area contributed by atoms with Crippen LogP contribution in [-0.2, 0) is 0 Å². The third-order valence-corrected chi connectivity index (χ3v) is 6.06. The fourth-order valence-corrected chi connectivity index (χ4v) is 4.55. The third kappa shape index (κ3) is 3.33. The van der Waals surface area contributed by atoms with Crippen LogP contribution in [0.5, 0.6) is 5.75 Å². The Labute approximate surface area is 160 Å². The lowest BCUT2D eigenvalue weighted by atomic mass is 9.87. The Morgan fingerprint density at radius 3 is 2.63 bits per heavy atom. The Bertz CT molecular complexity index is 874. The average molecular weight is 371 g/mol. The molecule has 1 aliphatic carbocycles. The Morgan fingerprint density at radius 2 is 1.93 bits per heavy atom. The summed E-state index contributed by atoms with van der Waals surface area (Å²) >= 11 is 0. The highest BCUT2D eigenvalue weighted by molar-refractivity contribution is 6.00. The van der Waals surface area contributed by atoms with Crippen molar-refractivity contribution in [3.05, 3.63) is 29.0 Å². The van der Waals surface area contributed by atoms with Crippen molar-refractivity contribution in [1.82, 2.24) is 5.32 Å². The molecule has 1 amide bonds. The van der Waals surface area contributed by atoms with Crippen LogP contribution in [0.4, 0.5) is 0 Å². The molecule has 0 unspecified atom stereocenters. The van der Waals surface area contributed by atoms with Gasteiger partial charge in [-0.2, -0.15) is 0 Å². The van der Waals surface area contributed by atoms with E-state index in [1.54, 1.807) is 0 Å². The summed E-state index contributed by atoms with van der Waals surface area (Å²) in [5.41, 5.74) is 1.70. The zero-order valence-corrected chi connectivity index (χ0v) is 16.6. The van der Waals surface area contributed by atoms with Gasteiger partial charge in [-0.05, 0) is 64.5 Å². The van der Waals surface area contributed by atoms with Gasteiger partial charge in [0.25, 0.3) is 5.91 Å². The van der Waals surface area contributed by atoms with Gasteiger partial charge in [-0.3, -0.25) is 4.79 Å². The maximum Gasteiger partial charge on any atom is 0.287 e. The van der Waals surface area contributed by atoms with E-state index in [0.29, 0.717) is 23.5 Å². The zero-order chi connectivity index (χ0) is 19.3. The first-order valence-corrected chi connectivity index (χ1v) is 9.99. The number of aliphatic hydroxyl groups excluding tert-OH is 1. The number of carbonyl (C=O) groups excluding carboxylic acids is 1. The standard InChI is InChI=1S/C22H29NO4/c1-12-5-7-14(8-6-12)23-21(25)20-13(2)18-16(26-20)9-10-17-19(18)15(24)11-22(3,4)27-17/h9-10,12,14-15,24H,5-8,11H2,1-4H3,(H,23,25)/t12?,14?,15-/m1/s1.